The first-order chi connectivity index (χ1) is 12.6. The van der Waals surface area contributed by atoms with Gasteiger partial charge in [-0.25, -0.2) is 5.48 Å². The van der Waals surface area contributed by atoms with Crippen LogP contribution in [-0.2, 0) is 4.79 Å². The Balaban J connectivity index is 2.78. The number of unbranched alkanes of at least 4 members (excludes halogenated alkanes) is 2. The lowest BCUT2D eigenvalue weighted by molar-refractivity contribution is -0.124. The number of hydroxylamine groups is 1. The summed E-state index contributed by atoms with van der Waals surface area (Å²) in [5, 5.41) is 12.1. The van der Waals surface area contributed by atoms with Gasteiger partial charge in [0.25, 0.3) is 5.91 Å². The van der Waals surface area contributed by atoms with Crippen molar-refractivity contribution in [2.24, 2.45) is 0 Å². The SMILES string of the molecule is CCCCCNc1cc(/C=C/C(=O)NO)ccc1SCCN(CC)CC. The van der Waals surface area contributed by atoms with Crippen LogP contribution in [0.4, 0.5) is 5.69 Å². The van der Waals surface area contributed by atoms with Gasteiger partial charge in [-0.15, -0.1) is 11.8 Å². The fraction of sp³-hybridized carbons (Fsp3) is 0.550. The van der Waals surface area contributed by atoms with Crippen LogP contribution >= 0.6 is 11.8 Å². The molecule has 1 aromatic rings. The zero-order valence-corrected chi connectivity index (χ0v) is 17.1. The fourth-order valence-electron chi connectivity index (χ4n) is 2.55. The Morgan fingerprint density at radius 2 is 2.00 bits per heavy atom. The van der Waals surface area contributed by atoms with E-state index in [0.717, 1.165) is 49.6 Å². The molecule has 0 atom stereocenters. The molecular formula is C20H33N3O2S. The highest BCUT2D eigenvalue weighted by atomic mass is 32.2. The molecule has 0 radical (unpaired) electrons. The summed E-state index contributed by atoms with van der Waals surface area (Å²) in [4.78, 5) is 14.8. The molecule has 6 heteroatoms. The average Bonchev–Trinajstić information content (AvgIpc) is 2.67. The second-order valence-corrected chi connectivity index (χ2v) is 7.21. The molecule has 3 N–H and O–H groups in total. The summed E-state index contributed by atoms with van der Waals surface area (Å²) in [6.45, 7) is 10.8. The van der Waals surface area contributed by atoms with E-state index in [1.165, 1.54) is 23.8 Å². The Morgan fingerprint density at radius 1 is 1.23 bits per heavy atom. The van der Waals surface area contributed by atoms with Gasteiger partial charge in [-0.1, -0.05) is 39.7 Å². The van der Waals surface area contributed by atoms with Gasteiger partial charge in [-0.3, -0.25) is 10.0 Å². The van der Waals surface area contributed by atoms with Crippen LogP contribution in [0.1, 0.15) is 45.6 Å². The molecule has 146 valence electrons. The fourth-order valence-corrected chi connectivity index (χ4v) is 3.57. The molecule has 0 aliphatic rings. The van der Waals surface area contributed by atoms with E-state index in [0.29, 0.717) is 0 Å². The lowest BCUT2D eigenvalue weighted by Gasteiger charge is -2.18. The molecule has 1 aromatic carbocycles. The lowest BCUT2D eigenvalue weighted by Crippen LogP contribution is -2.25. The molecule has 0 aliphatic heterocycles. The number of anilines is 1. The molecule has 0 aromatic heterocycles. The maximum atomic E-state index is 11.2. The summed E-state index contributed by atoms with van der Waals surface area (Å²) in [5.41, 5.74) is 3.65. The van der Waals surface area contributed by atoms with Gasteiger partial charge in [0.1, 0.15) is 0 Å². The molecule has 0 heterocycles. The minimum Gasteiger partial charge on any atom is -0.384 e. The van der Waals surface area contributed by atoms with Gasteiger partial charge in [0.05, 0.1) is 0 Å². The first-order valence-electron chi connectivity index (χ1n) is 9.49. The molecule has 26 heavy (non-hydrogen) atoms. The number of hydrogen-bond acceptors (Lipinski definition) is 5. The molecule has 0 saturated carbocycles. The van der Waals surface area contributed by atoms with Gasteiger partial charge in [0.15, 0.2) is 0 Å². The van der Waals surface area contributed by atoms with Crippen molar-refractivity contribution in [1.82, 2.24) is 10.4 Å². The normalized spacial score (nSPS) is 11.3. The number of carbonyl (C=O) groups is 1. The smallest absolute Gasteiger partial charge is 0.267 e. The number of amides is 1. The van der Waals surface area contributed by atoms with Gasteiger partial charge in [-0.2, -0.15) is 0 Å². The van der Waals surface area contributed by atoms with Crippen molar-refractivity contribution in [2.75, 3.05) is 37.2 Å². The Bertz CT molecular complexity index is 560. The first-order valence-corrected chi connectivity index (χ1v) is 10.5. The van der Waals surface area contributed by atoms with Crippen LogP contribution in [0.5, 0.6) is 0 Å². The van der Waals surface area contributed by atoms with E-state index in [1.54, 1.807) is 11.6 Å². The van der Waals surface area contributed by atoms with Crippen LogP contribution in [0.25, 0.3) is 6.08 Å². The molecule has 0 saturated heterocycles. The van der Waals surface area contributed by atoms with Gasteiger partial charge < -0.3 is 10.2 Å². The van der Waals surface area contributed by atoms with Gasteiger partial charge in [0, 0.05) is 35.5 Å². The Hall–Kier alpha value is -1.50. The van der Waals surface area contributed by atoms with Crippen LogP contribution in [0, 0.1) is 0 Å². The number of rotatable bonds is 13. The van der Waals surface area contributed by atoms with Crippen LogP contribution in [0.15, 0.2) is 29.2 Å². The summed E-state index contributed by atoms with van der Waals surface area (Å²) < 4.78 is 0. The predicted molar refractivity (Wildman–Crippen MR) is 112 cm³/mol. The number of thioether (sulfide) groups is 1. The molecular weight excluding hydrogens is 346 g/mol. The third-order valence-corrected chi connectivity index (χ3v) is 5.25. The summed E-state index contributed by atoms with van der Waals surface area (Å²) in [6.07, 6.45) is 6.59. The van der Waals surface area contributed by atoms with Gasteiger partial charge in [0.2, 0.25) is 0 Å². The molecule has 0 fully saturated rings. The number of nitrogens with zero attached hydrogens (tertiary/aromatic N) is 1. The van der Waals surface area contributed by atoms with Crippen molar-refractivity contribution in [3.8, 4) is 0 Å². The van der Waals surface area contributed by atoms with Crippen LogP contribution in [-0.4, -0.2) is 47.9 Å². The minimum atomic E-state index is -0.528. The quantitative estimate of drug-likeness (QED) is 0.157. The number of benzene rings is 1. The van der Waals surface area contributed by atoms with E-state index in [2.05, 4.69) is 43.1 Å². The molecule has 1 rings (SSSR count). The Kier molecular flexibility index (Phi) is 11.9. The van der Waals surface area contributed by atoms with Crippen molar-refractivity contribution in [3.63, 3.8) is 0 Å². The van der Waals surface area contributed by atoms with Crippen molar-refractivity contribution < 1.29 is 10.0 Å². The number of nitrogens with one attached hydrogen (secondary N) is 2. The monoisotopic (exact) mass is 379 g/mol. The van der Waals surface area contributed by atoms with Crippen molar-refractivity contribution in [1.29, 1.82) is 0 Å². The van der Waals surface area contributed by atoms with Crippen molar-refractivity contribution >= 4 is 29.4 Å². The van der Waals surface area contributed by atoms with Crippen molar-refractivity contribution in [2.45, 2.75) is 44.9 Å². The zero-order valence-electron chi connectivity index (χ0n) is 16.3. The van der Waals surface area contributed by atoms with E-state index in [-0.39, 0.29) is 0 Å². The van der Waals surface area contributed by atoms with Crippen LogP contribution in [0.2, 0.25) is 0 Å². The number of hydrogen-bond donors (Lipinski definition) is 3. The first kappa shape index (κ1) is 22.5. The zero-order chi connectivity index (χ0) is 19.2. The summed E-state index contributed by atoms with van der Waals surface area (Å²) in [6, 6.07) is 6.16. The van der Waals surface area contributed by atoms with Crippen LogP contribution < -0.4 is 10.8 Å². The molecule has 0 bridgehead atoms. The van der Waals surface area contributed by atoms with Crippen molar-refractivity contribution in [3.05, 3.63) is 29.8 Å². The van der Waals surface area contributed by atoms with Gasteiger partial charge >= 0.3 is 0 Å². The highest BCUT2D eigenvalue weighted by Gasteiger charge is 2.06. The summed E-state index contributed by atoms with van der Waals surface area (Å²) >= 11 is 1.86. The largest absolute Gasteiger partial charge is 0.384 e. The topological polar surface area (TPSA) is 64.6 Å². The molecule has 5 nitrogen and oxygen atoms in total. The van der Waals surface area contributed by atoms with Crippen LogP contribution in [0.3, 0.4) is 0 Å². The minimum absolute atomic E-state index is 0.528. The van der Waals surface area contributed by atoms with E-state index >= 15 is 0 Å². The number of carbonyl (C=O) groups excluding carboxylic acids is 1. The predicted octanol–water partition coefficient (Wildman–Crippen LogP) is 4.24. The maximum Gasteiger partial charge on any atom is 0.267 e. The third-order valence-electron chi connectivity index (χ3n) is 4.20. The molecule has 1 amide bonds. The summed E-state index contributed by atoms with van der Waals surface area (Å²) in [7, 11) is 0. The molecule has 0 aliphatic carbocycles. The average molecular weight is 380 g/mol. The summed E-state index contributed by atoms with van der Waals surface area (Å²) in [5.74, 6) is 0.521. The van der Waals surface area contributed by atoms with E-state index in [9.17, 15) is 4.79 Å². The second-order valence-electron chi connectivity index (χ2n) is 6.07. The third kappa shape index (κ3) is 8.74. The highest BCUT2D eigenvalue weighted by molar-refractivity contribution is 7.99. The second kappa shape index (κ2) is 13.7. The van der Waals surface area contributed by atoms with E-state index in [4.69, 9.17) is 5.21 Å². The standard InChI is InChI=1S/C20H33N3O2S/c1-4-7-8-13-21-18-16-17(10-12-20(24)22-25)9-11-19(18)26-15-14-23(5-2)6-3/h9-12,16,21,25H,4-8,13-15H2,1-3H3,(H,22,24)/b12-10+. The van der Waals surface area contributed by atoms with E-state index in [1.807, 2.05) is 17.8 Å². The Labute approximate surface area is 162 Å². The highest BCUT2D eigenvalue weighted by Crippen LogP contribution is 2.29. The molecule has 0 unspecified atom stereocenters. The molecule has 0 spiro atoms. The van der Waals surface area contributed by atoms with E-state index < -0.39 is 5.91 Å². The lowest BCUT2D eigenvalue weighted by atomic mass is 10.1. The maximum absolute atomic E-state index is 11.2. The van der Waals surface area contributed by atoms with Gasteiger partial charge in [-0.05, 0) is 43.3 Å². The Morgan fingerprint density at radius 3 is 2.65 bits per heavy atom.